The lowest BCUT2D eigenvalue weighted by atomic mass is 10.1. The molecule has 0 heterocycles. The number of benzene rings is 2. The van der Waals surface area contributed by atoms with E-state index in [2.05, 4.69) is 0 Å². The van der Waals surface area contributed by atoms with Crippen molar-refractivity contribution in [1.29, 1.82) is 0 Å². The molecule has 0 radical (unpaired) electrons. The van der Waals surface area contributed by atoms with Gasteiger partial charge in [-0.2, -0.15) is 0 Å². The molecular weight excluding hydrogens is 327 g/mol. The Bertz CT molecular complexity index is 714. The first kappa shape index (κ1) is 18.5. The predicted octanol–water partition coefficient (Wildman–Crippen LogP) is 1.68. The van der Waals surface area contributed by atoms with Gasteiger partial charge in [0.25, 0.3) is 0 Å². The summed E-state index contributed by atoms with van der Waals surface area (Å²) in [5.41, 5.74) is -0.0349. The molecule has 0 aromatic heterocycles. The summed E-state index contributed by atoms with van der Waals surface area (Å²) >= 11 is 0. The van der Waals surface area contributed by atoms with Gasteiger partial charge >= 0.3 is 19.8 Å². The van der Waals surface area contributed by atoms with Gasteiger partial charge in [0.05, 0.1) is 11.1 Å². The maximum atomic E-state index is 11.9. The van der Waals surface area contributed by atoms with Gasteiger partial charge in [-0.25, -0.2) is 14.2 Å². The largest absolute Gasteiger partial charge is 0.478 e. The number of para-hydroxylation sites is 1. The molecule has 0 aliphatic heterocycles. The van der Waals surface area contributed by atoms with Crippen LogP contribution in [0.1, 0.15) is 20.7 Å². The molecule has 0 saturated heterocycles. The van der Waals surface area contributed by atoms with E-state index in [4.69, 9.17) is 29.1 Å². The van der Waals surface area contributed by atoms with Crippen LogP contribution in [0.3, 0.4) is 0 Å². The maximum Gasteiger partial charge on any atom is 0.466 e. The molecule has 9 heteroatoms. The molecule has 23 heavy (non-hydrogen) atoms. The molecule has 0 fully saturated rings. The summed E-state index contributed by atoms with van der Waals surface area (Å²) in [5.74, 6) is -1.46. The van der Waals surface area contributed by atoms with Crippen molar-refractivity contribution >= 4 is 19.8 Å². The van der Waals surface area contributed by atoms with Gasteiger partial charge in [0.2, 0.25) is 0 Å². The molecule has 0 unspecified atom stereocenters. The summed E-state index contributed by atoms with van der Waals surface area (Å²) in [7, 11) is -4.64. The highest BCUT2D eigenvalue weighted by Gasteiger charge is 2.17. The molecule has 0 atom stereocenters. The zero-order chi connectivity index (χ0) is 17.5. The molecular formula is C14H13O8P. The van der Waals surface area contributed by atoms with Crippen LogP contribution in [-0.4, -0.2) is 31.7 Å². The molecule has 0 saturated carbocycles. The number of ether oxygens (including phenoxy) is 1. The van der Waals surface area contributed by atoms with Crippen molar-refractivity contribution in [2.45, 2.75) is 0 Å². The van der Waals surface area contributed by atoms with E-state index >= 15 is 0 Å². The third-order valence-electron chi connectivity index (χ3n) is 2.33. The molecule has 0 aliphatic carbocycles. The first-order valence-corrected chi connectivity index (χ1v) is 7.63. The van der Waals surface area contributed by atoms with E-state index in [0.29, 0.717) is 5.75 Å². The van der Waals surface area contributed by atoms with Crippen molar-refractivity contribution in [2.75, 3.05) is 0 Å². The van der Waals surface area contributed by atoms with Crippen LogP contribution in [0.15, 0.2) is 54.6 Å². The quantitative estimate of drug-likeness (QED) is 0.376. The van der Waals surface area contributed by atoms with E-state index in [1.54, 1.807) is 42.5 Å². The molecule has 2 aromatic carbocycles. The summed E-state index contributed by atoms with van der Waals surface area (Å²) in [6.07, 6.45) is 0. The minimum atomic E-state index is -4.64. The standard InChI is InChI=1S/C14H10O4.H3O4P/c15-13(16)11-8-4-5-9-12(11)14(17)18-10-6-2-1-3-7-10;1-5(2,3)4/h1-9H,(H,15,16);(H3,1,2,3,4). The topological polar surface area (TPSA) is 141 Å². The minimum absolute atomic E-state index is 0.0360. The number of carboxylic acid groups (broad SMARTS) is 1. The first-order valence-electron chi connectivity index (χ1n) is 6.06. The van der Waals surface area contributed by atoms with E-state index in [9.17, 15) is 9.59 Å². The zero-order valence-electron chi connectivity index (χ0n) is 11.6. The average Bonchev–Trinajstić information content (AvgIpc) is 2.46. The van der Waals surface area contributed by atoms with Crippen LogP contribution >= 0.6 is 7.82 Å². The highest BCUT2D eigenvalue weighted by atomic mass is 31.2. The van der Waals surface area contributed by atoms with Crippen LogP contribution in [-0.2, 0) is 4.57 Å². The second kappa shape index (κ2) is 8.21. The smallest absolute Gasteiger partial charge is 0.466 e. The number of carbonyl (C=O) groups excluding carboxylic acids is 1. The summed E-state index contributed by atoms with van der Waals surface area (Å²) < 4.78 is 14.0. The Labute approximate surface area is 130 Å². The Morgan fingerprint density at radius 3 is 1.74 bits per heavy atom. The zero-order valence-corrected chi connectivity index (χ0v) is 12.5. The second-order valence-corrected chi connectivity index (χ2v) is 5.09. The average molecular weight is 340 g/mol. The van der Waals surface area contributed by atoms with Crippen LogP contribution in [0, 0.1) is 0 Å². The van der Waals surface area contributed by atoms with Crippen LogP contribution in [0.2, 0.25) is 0 Å². The normalized spacial score (nSPS) is 10.2. The van der Waals surface area contributed by atoms with Crippen molar-refractivity contribution in [2.24, 2.45) is 0 Å². The number of aromatic carboxylic acids is 1. The monoisotopic (exact) mass is 340 g/mol. The van der Waals surface area contributed by atoms with Gasteiger partial charge in [-0.3, -0.25) is 0 Å². The third-order valence-corrected chi connectivity index (χ3v) is 2.33. The summed E-state index contributed by atoms with van der Waals surface area (Å²) in [6, 6.07) is 14.4. The van der Waals surface area contributed by atoms with E-state index in [-0.39, 0.29) is 11.1 Å². The molecule has 0 bridgehead atoms. The van der Waals surface area contributed by atoms with Crippen molar-refractivity contribution < 1.29 is 38.7 Å². The Balaban J connectivity index is 0.000000463. The van der Waals surface area contributed by atoms with Crippen molar-refractivity contribution in [3.63, 3.8) is 0 Å². The number of esters is 1. The van der Waals surface area contributed by atoms with Gasteiger partial charge < -0.3 is 24.5 Å². The predicted molar refractivity (Wildman–Crippen MR) is 79.1 cm³/mol. The first-order chi connectivity index (χ1) is 10.7. The fourth-order valence-corrected chi connectivity index (χ4v) is 1.50. The van der Waals surface area contributed by atoms with E-state index in [1.165, 1.54) is 12.1 Å². The SMILES string of the molecule is O=C(O)c1ccccc1C(=O)Oc1ccccc1.O=P(O)(O)O. The lowest BCUT2D eigenvalue weighted by Crippen LogP contribution is -2.13. The fourth-order valence-electron chi connectivity index (χ4n) is 1.50. The van der Waals surface area contributed by atoms with Gasteiger partial charge in [-0.1, -0.05) is 30.3 Å². The highest BCUT2D eigenvalue weighted by molar-refractivity contribution is 7.45. The fraction of sp³-hybridized carbons (Fsp3) is 0. The number of hydrogen-bond acceptors (Lipinski definition) is 4. The Hall–Kier alpha value is -2.51. The van der Waals surface area contributed by atoms with Crippen molar-refractivity contribution in [3.05, 3.63) is 65.7 Å². The molecule has 0 amide bonds. The maximum absolute atomic E-state index is 11.9. The number of rotatable bonds is 3. The van der Waals surface area contributed by atoms with Crippen LogP contribution in [0.4, 0.5) is 0 Å². The van der Waals surface area contributed by atoms with Gasteiger partial charge in [0, 0.05) is 0 Å². The van der Waals surface area contributed by atoms with Crippen LogP contribution < -0.4 is 4.74 Å². The van der Waals surface area contributed by atoms with Crippen LogP contribution in [0.5, 0.6) is 5.75 Å². The second-order valence-electron chi connectivity index (χ2n) is 4.07. The summed E-state index contributed by atoms with van der Waals surface area (Å²) in [6.45, 7) is 0. The van der Waals surface area contributed by atoms with Gasteiger partial charge in [0.15, 0.2) is 0 Å². The molecule has 2 rings (SSSR count). The lowest BCUT2D eigenvalue weighted by molar-refractivity contribution is 0.0668. The van der Waals surface area contributed by atoms with Gasteiger partial charge in [-0.15, -0.1) is 0 Å². The van der Waals surface area contributed by atoms with E-state index < -0.39 is 19.8 Å². The Morgan fingerprint density at radius 2 is 1.26 bits per heavy atom. The molecule has 122 valence electrons. The highest BCUT2D eigenvalue weighted by Crippen LogP contribution is 2.25. The van der Waals surface area contributed by atoms with Crippen LogP contribution in [0.25, 0.3) is 0 Å². The summed E-state index contributed by atoms with van der Waals surface area (Å²) in [5, 5.41) is 8.97. The minimum Gasteiger partial charge on any atom is -0.478 e. The number of hydrogen-bond donors (Lipinski definition) is 4. The Kier molecular flexibility index (Phi) is 6.62. The number of phosphoric acid groups is 1. The molecule has 2 aromatic rings. The lowest BCUT2D eigenvalue weighted by Gasteiger charge is -2.06. The molecule has 8 nitrogen and oxygen atoms in total. The molecule has 0 aliphatic rings. The van der Waals surface area contributed by atoms with E-state index in [1.807, 2.05) is 0 Å². The van der Waals surface area contributed by atoms with Gasteiger partial charge in [0.1, 0.15) is 5.75 Å². The van der Waals surface area contributed by atoms with Gasteiger partial charge in [-0.05, 0) is 24.3 Å². The number of carboxylic acids is 1. The van der Waals surface area contributed by atoms with Crippen molar-refractivity contribution in [3.8, 4) is 5.75 Å². The molecule has 4 N–H and O–H groups in total. The Morgan fingerprint density at radius 1 is 0.826 bits per heavy atom. The summed E-state index contributed by atoms with van der Waals surface area (Å²) in [4.78, 5) is 44.4. The van der Waals surface area contributed by atoms with E-state index in [0.717, 1.165) is 0 Å². The number of carbonyl (C=O) groups is 2. The third kappa shape index (κ3) is 7.35. The van der Waals surface area contributed by atoms with Crippen molar-refractivity contribution in [1.82, 2.24) is 0 Å². The molecule has 0 spiro atoms.